The van der Waals surface area contributed by atoms with E-state index in [1.165, 1.54) is 0 Å². The molecule has 4 nitrogen and oxygen atoms in total. The standard InChI is InChI=1S/C10H6ClF3N4/c1-5-15-17-9(18-16-5)7-4-6(10(12,13)14)2-3-8(7)11/h2-4H,1H3. The molecule has 0 N–H and O–H groups in total. The van der Waals surface area contributed by atoms with E-state index in [0.717, 1.165) is 18.2 Å². The molecule has 0 radical (unpaired) electrons. The highest BCUT2D eigenvalue weighted by Crippen LogP contribution is 2.34. The maximum Gasteiger partial charge on any atom is 0.416 e. The highest BCUT2D eigenvalue weighted by Gasteiger charge is 2.31. The van der Waals surface area contributed by atoms with Crippen LogP contribution < -0.4 is 0 Å². The first-order valence-electron chi connectivity index (χ1n) is 4.79. The van der Waals surface area contributed by atoms with Crippen LogP contribution in [0.2, 0.25) is 5.02 Å². The van der Waals surface area contributed by atoms with Crippen LogP contribution in [-0.2, 0) is 6.18 Å². The lowest BCUT2D eigenvalue weighted by atomic mass is 10.1. The molecule has 0 bridgehead atoms. The van der Waals surface area contributed by atoms with Gasteiger partial charge in [-0.05, 0) is 25.1 Å². The molecule has 0 saturated heterocycles. The normalized spacial score (nSPS) is 11.6. The lowest BCUT2D eigenvalue weighted by Crippen LogP contribution is -2.06. The van der Waals surface area contributed by atoms with Crippen molar-refractivity contribution in [2.24, 2.45) is 0 Å². The zero-order chi connectivity index (χ0) is 13.3. The third kappa shape index (κ3) is 2.56. The fourth-order valence-electron chi connectivity index (χ4n) is 1.26. The van der Waals surface area contributed by atoms with Crippen molar-refractivity contribution in [1.29, 1.82) is 0 Å². The van der Waals surface area contributed by atoms with Crippen molar-refractivity contribution in [2.75, 3.05) is 0 Å². The molecule has 0 aliphatic heterocycles. The van der Waals surface area contributed by atoms with Gasteiger partial charge in [0.25, 0.3) is 0 Å². The van der Waals surface area contributed by atoms with Crippen LogP contribution in [0.25, 0.3) is 11.4 Å². The Hall–Kier alpha value is -1.76. The topological polar surface area (TPSA) is 51.6 Å². The summed E-state index contributed by atoms with van der Waals surface area (Å²) in [7, 11) is 0. The van der Waals surface area contributed by atoms with Gasteiger partial charge in [-0.3, -0.25) is 0 Å². The fraction of sp³-hybridized carbons (Fsp3) is 0.200. The van der Waals surface area contributed by atoms with E-state index in [0.29, 0.717) is 5.82 Å². The SMILES string of the molecule is Cc1nnc(-c2cc(C(F)(F)F)ccc2Cl)nn1. The Balaban J connectivity index is 2.53. The quantitative estimate of drug-likeness (QED) is 0.802. The molecule has 2 aromatic rings. The number of nitrogens with zero attached hydrogens (tertiary/aromatic N) is 4. The van der Waals surface area contributed by atoms with Gasteiger partial charge in [0, 0.05) is 5.56 Å². The number of benzene rings is 1. The average Bonchev–Trinajstić information content (AvgIpc) is 2.29. The molecule has 1 heterocycles. The lowest BCUT2D eigenvalue weighted by molar-refractivity contribution is -0.137. The van der Waals surface area contributed by atoms with Crippen molar-refractivity contribution in [3.8, 4) is 11.4 Å². The molecule has 94 valence electrons. The van der Waals surface area contributed by atoms with Gasteiger partial charge in [0.05, 0.1) is 10.6 Å². The summed E-state index contributed by atoms with van der Waals surface area (Å²) in [6, 6.07) is 2.90. The first kappa shape index (κ1) is 12.7. The van der Waals surface area contributed by atoms with Crippen molar-refractivity contribution in [1.82, 2.24) is 20.4 Å². The Labute approximate surface area is 105 Å². The zero-order valence-electron chi connectivity index (χ0n) is 9.03. The number of rotatable bonds is 1. The molecule has 0 amide bonds. The zero-order valence-corrected chi connectivity index (χ0v) is 9.79. The Morgan fingerprint density at radius 3 is 2.22 bits per heavy atom. The highest BCUT2D eigenvalue weighted by atomic mass is 35.5. The Morgan fingerprint density at radius 1 is 1.06 bits per heavy atom. The van der Waals surface area contributed by atoms with E-state index in [1.54, 1.807) is 6.92 Å². The molecule has 1 aromatic carbocycles. The third-order valence-corrected chi connectivity index (χ3v) is 2.44. The average molecular weight is 275 g/mol. The van der Waals surface area contributed by atoms with Crippen molar-refractivity contribution >= 4 is 11.6 Å². The van der Waals surface area contributed by atoms with Gasteiger partial charge in [-0.25, -0.2) is 0 Å². The maximum atomic E-state index is 12.6. The van der Waals surface area contributed by atoms with Crippen molar-refractivity contribution < 1.29 is 13.2 Å². The first-order chi connectivity index (χ1) is 8.38. The van der Waals surface area contributed by atoms with Crippen LogP contribution in [0.5, 0.6) is 0 Å². The van der Waals surface area contributed by atoms with E-state index >= 15 is 0 Å². The van der Waals surface area contributed by atoms with Crippen LogP contribution in [0, 0.1) is 6.92 Å². The van der Waals surface area contributed by atoms with Crippen LogP contribution >= 0.6 is 11.6 Å². The van der Waals surface area contributed by atoms with Gasteiger partial charge in [-0.2, -0.15) is 13.2 Å². The van der Waals surface area contributed by atoms with E-state index < -0.39 is 11.7 Å². The fourth-order valence-corrected chi connectivity index (χ4v) is 1.46. The molecule has 0 fully saturated rings. The minimum absolute atomic E-state index is 0.0447. The minimum atomic E-state index is -4.45. The van der Waals surface area contributed by atoms with E-state index in [1.807, 2.05) is 0 Å². The number of aromatic nitrogens is 4. The molecular weight excluding hydrogens is 269 g/mol. The van der Waals surface area contributed by atoms with Crippen molar-refractivity contribution in [2.45, 2.75) is 13.1 Å². The molecular formula is C10H6ClF3N4. The summed E-state index contributed by atoms with van der Waals surface area (Å²) in [6.07, 6.45) is -4.45. The monoisotopic (exact) mass is 274 g/mol. The van der Waals surface area contributed by atoms with E-state index in [2.05, 4.69) is 20.4 Å². The van der Waals surface area contributed by atoms with Gasteiger partial charge >= 0.3 is 6.18 Å². The van der Waals surface area contributed by atoms with Gasteiger partial charge in [0.1, 0.15) is 0 Å². The maximum absolute atomic E-state index is 12.6. The van der Waals surface area contributed by atoms with Gasteiger partial charge in [0.15, 0.2) is 5.82 Å². The molecule has 0 unspecified atom stereocenters. The first-order valence-corrected chi connectivity index (χ1v) is 5.17. The van der Waals surface area contributed by atoms with E-state index in [4.69, 9.17) is 11.6 Å². The Morgan fingerprint density at radius 2 is 1.67 bits per heavy atom. The smallest absolute Gasteiger partial charge is 0.166 e. The number of halogens is 4. The summed E-state index contributed by atoms with van der Waals surface area (Å²) in [4.78, 5) is 0. The number of aryl methyl sites for hydroxylation is 1. The summed E-state index contributed by atoms with van der Waals surface area (Å²) < 4.78 is 37.7. The van der Waals surface area contributed by atoms with E-state index in [9.17, 15) is 13.2 Å². The van der Waals surface area contributed by atoms with Gasteiger partial charge < -0.3 is 0 Å². The van der Waals surface area contributed by atoms with Crippen molar-refractivity contribution in [3.05, 3.63) is 34.6 Å². The summed E-state index contributed by atoms with van der Waals surface area (Å²) in [5, 5.41) is 14.7. The van der Waals surface area contributed by atoms with Crippen LogP contribution in [0.1, 0.15) is 11.4 Å². The molecule has 0 saturated carbocycles. The molecule has 8 heteroatoms. The second kappa shape index (κ2) is 4.49. The second-order valence-corrected chi connectivity index (χ2v) is 3.87. The van der Waals surface area contributed by atoms with E-state index in [-0.39, 0.29) is 16.4 Å². The molecule has 0 spiro atoms. The van der Waals surface area contributed by atoms with Crippen LogP contribution in [-0.4, -0.2) is 20.4 Å². The van der Waals surface area contributed by atoms with Gasteiger partial charge in [-0.15, -0.1) is 20.4 Å². The number of hydrogen-bond donors (Lipinski definition) is 0. The van der Waals surface area contributed by atoms with Crippen LogP contribution in [0.4, 0.5) is 13.2 Å². The predicted octanol–water partition coefficient (Wildman–Crippen LogP) is 2.91. The number of hydrogen-bond acceptors (Lipinski definition) is 4. The molecule has 2 rings (SSSR count). The number of alkyl halides is 3. The van der Waals surface area contributed by atoms with Gasteiger partial charge in [0.2, 0.25) is 5.82 Å². The lowest BCUT2D eigenvalue weighted by Gasteiger charge is -2.09. The molecule has 18 heavy (non-hydrogen) atoms. The molecule has 0 aliphatic rings. The Bertz CT molecular complexity index is 568. The van der Waals surface area contributed by atoms with Crippen LogP contribution in [0.3, 0.4) is 0 Å². The molecule has 0 atom stereocenters. The van der Waals surface area contributed by atoms with Crippen LogP contribution in [0.15, 0.2) is 18.2 Å². The molecule has 1 aromatic heterocycles. The largest absolute Gasteiger partial charge is 0.416 e. The summed E-state index contributed by atoms with van der Waals surface area (Å²) in [6.45, 7) is 1.57. The minimum Gasteiger partial charge on any atom is -0.166 e. The predicted molar refractivity (Wildman–Crippen MR) is 57.8 cm³/mol. The van der Waals surface area contributed by atoms with Crippen molar-refractivity contribution in [3.63, 3.8) is 0 Å². The summed E-state index contributed by atoms with van der Waals surface area (Å²) in [5.41, 5.74) is -0.780. The summed E-state index contributed by atoms with van der Waals surface area (Å²) >= 11 is 5.82. The second-order valence-electron chi connectivity index (χ2n) is 3.46. The summed E-state index contributed by atoms with van der Waals surface area (Å²) in [5.74, 6) is 0.276. The molecule has 0 aliphatic carbocycles. The Kier molecular flexibility index (Phi) is 3.16. The van der Waals surface area contributed by atoms with Gasteiger partial charge in [-0.1, -0.05) is 11.6 Å². The highest BCUT2D eigenvalue weighted by molar-refractivity contribution is 6.33. The third-order valence-electron chi connectivity index (χ3n) is 2.11.